The molecule has 0 unspecified atom stereocenters. The first-order valence-corrected chi connectivity index (χ1v) is 8.05. The number of nitrogens with two attached hydrogens (primary N) is 1. The molecule has 3 rings (SSSR count). The van der Waals surface area contributed by atoms with Gasteiger partial charge in [-0.3, -0.25) is 9.48 Å². The van der Waals surface area contributed by atoms with Crippen LogP contribution in [0.4, 0.5) is 10.5 Å². The van der Waals surface area contributed by atoms with E-state index in [0.717, 1.165) is 19.3 Å². The van der Waals surface area contributed by atoms with Gasteiger partial charge in [0, 0.05) is 18.7 Å². The quantitative estimate of drug-likeness (QED) is 0.777. The van der Waals surface area contributed by atoms with Gasteiger partial charge in [-0.05, 0) is 30.4 Å². The van der Waals surface area contributed by atoms with Gasteiger partial charge in [0.05, 0.1) is 11.9 Å². The van der Waals surface area contributed by atoms with Crippen molar-refractivity contribution in [3.8, 4) is 0 Å². The van der Waals surface area contributed by atoms with Crippen molar-refractivity contribution >= 4 is 17.6 Å². The number of benzene rings is 1. The highest BCUT2D eigenvalue weighted by Gasteiger charge is 2.20. The molecule has 1 aliphatic carbocycles. The van der Waals surface area contributed by atoms with E-state index in [-0.39, 0.29) is 12.6 Å². The number of primary amides is 1. The van der Waals surface area contributed by atoms with E-state index in [4.69, 9.17) is 5.73 Å². The van der Waals surface area contributed by atoms with Crippen molar-refractivity contribution in [3.05, 3.63) is 47.8 Å². The maximum atomic E-state index is 12.0. The molecule has 2 aromatic rings. The van der Waals surface area contributed by atoms with Crippen LogP contribution in [0.5, 0.6) is 0 Å². The number of aromatic nitrogens is 2. The first-order chi connectivity index (χ1) is 11.6. The SMILES string of the molecule is NC(=O)Cn1cc(NC(=O)NC[C@@H]2CCCc3ccccc32)cn1. The number of rotatable bonds is 5. The van der Waals surface area contributed by atoms with Crippen LogP contribution < -0.4 is 16.4 Å². The van der Waals surface area contributed by atoms with Crippen molar-refractivity contribution in [1.29, 1.82) is 0 Å². The van der Waals surface area contributed by atoms with E-state index in [1.54, 1.807) is 6.20 Å². The Kier molecular flexibility index (Phi) is 4.79. The standard InChI is InChI=1S/C17H21N5O2/c18-16(23)11-22-10-14(9-20-22)21-17(24)19-8-13-6-3-5-12-4-1-2-7-15(12)13/h1-2,4,7,9-10,13H,3,5-6,8,11H2,(H2,18,23)(H2,19,21,24)/t13-/m0/s1. The number of carbonyl (C=O) groups is 2. The highest BCUT2D eigenvalue weighted by Crippen LogP contribution is 2.30. The molecule has 0 saturated carbocycles. The fourth-order valence-electron chi connectivity index (χ4n) is 3.13. The lowest BCUT2D eigenvalue weighted by Crippen LogP contribution is -2.33. The van der Waals surface area contributed by atoms with Crippen molar-refractivity contribution in [1.82, 2.24) is 15.1 Å². The summed E-state index contributed by atoms with van der Waals surface area (Å²) in [7, 11) is 0. The van der Waals surface area contributed by atoms with Gasteiger partial charge in [0.15, 0.2) is 0 Å². The van der Waals surface area contributed by atoms with Crippen LogP contribution in [0.15, 0.2) is 36.7 Å². The van der Waals surface area contributed by atoms with Crippen LogP contribution in [0.2, 0.25) is 0 Å². The number of nitrogens with one attached hydrogen (secondary N) is 2. The Morgan fingerprint density at radius 2 is 2.17 bits per heavy atom. The smallest absolute Gasteiger partial charge is 0.319 e. The van der Waals surface area contributed by atoms with Crippen molar-refractivity contribution in [2.24, 2.45) is 5.73 Å². The van der Waals surface area contributed by atoms with E-state index in [0.29, 0.717) is 18.2 Å². The van der Waals surface area contributed by atoms with Crippen LogP contribution in [0.25, 0.3) is 0 Å². The minimum absolute atomic E-state index is 0.0117. The molecule has 0 spiro atoms. The third-order valence-electron chi connectivity index (χ3n) is 4.21. The van der Waals surface area contributed by atoms with Gasteiger partial charge in [-0.15, -0.1) is 0 Å². The fraction of sp³-hybridized carbons (Fsp3) is 0.353. The lowest BCUT2D eigenvalue weighted by Gasteiger charge is -2.25. The predicted octanol–water partition coefficient (Wildman–Crippen LogP) is 1.61. The number of fused-ring (bicyclic) bond motifs is 1. The van der Waals surface area contributed by atoms with Crippen molar-refractivity contribution in [3.63, 3.8) is 0 Å². The topological polar surface area (TPSA) is 102 Å². The van der Waals surface area contributed by atoms with Crippen LogP contribution >= 0.6 is 0 Å². The molecular weight excluding hydrogens is 306 g/mol. The zero-order valence-electron chi connectivity index (χ0n) is 13.4. The molecule has 0 bridgehead atoms. The Bertz CT molecular complexity index is 740. The average molecular weight is 327 g/mol. The molecule has 1 atom stereocenters. The molecule has 1 aliphatic rings. The summed E-state index contributed by atoms with van der Waals surface area (Å²) in [6, 6.07) is 8.13. The summed E-state index contributed by atoms with van der Waals surface area (Å²) in [5, 5.41) is 9.59. The van der Waals surface area contributed by atoms with Crippen molar-refractivity contribution in [2.75, 3.05) is 11.9 Å². The number of nitrogens with zero attached hydrogens (tertiary/aromatic N) is 2. The first-order valence-electron chi connectivity index (χ1n) is 8.05. The van der Waals surface area contributed by atoms with Gasteiger partial charge >= 0.3 is 6.03 Å². The summed E-state index contributed by atoms with van der Waals surface area (Å²) in [4.78, 5) is 22.9. The summed E-state index contributed by atoms with van der Waals surface area (Å²) in [5.74, 6) is -0.136. The summed E-state index contributed by atoms with van der Waals surface area (Å²) in [6.07, 6.45) is 6.38. The molecule has 24 heavy (non-hydrogen) atoms. The van der Waals surface area contributed by atoms with Crippen LogP contribution in [-0.4, -0.2) is 28.3 Å². The second-order valence-corrected chi connectivity index (χ2v) is 6.02. The molecule has 126 valence electrons. The summed E-state index contributed by atoms with van der Waals surface area (Å²) in [6.45, 7) is 0.584. The molecule has 0 fully saturated rings. The van der Waals surface area contributed by atoms with Crippen LogP contribution in [0, 0.1) is 0 Å². The van der Waals surface area contributed by atoms with E-state index in [2.05, 4.69) is 33.9 Å². The molecule has 0 aliphatic heterocycles. The van der Waals surface area contributed by atoms with Gasteiger partial charge in [0.25, 0.3) is 0 Å². The zero-order valence-corrected chi connectivity index (χ0v) is 13.4. The van der Waals surface area contributed by atoms with Gasteiger partial charge in [0.2, 0.25) is 5.91 Å². The monoisotopic (exact) mass is 327 g/mol. The molecule has 7 heteroatoms. The highest BCUT2D eigenvalue weighted by atomic mass is 16.2. The second kappa shape index (κ2) is 7.16. The molecule has 3 amide bonds. The first kappa shape index (κ1) is 16.0. The molecule has 7 nitrogen and oxygen atoms in total. The maximum absolute atomic E-state index is 12.0. The normalized spacial score (nSPS) is 16.2. The lowest BCUT2D eigenvalue weighted by molar-refractivity contribution is -0.118. The van der Waals surface area contributed by atoms with E-state index in [1.807, 2.05) is 6.07 Å². The van der Waals surface area contributed by atoms with E-state index in [9.17, 15) is 9.59 Å². The second-order valence-electron chi connectivity index (χ2n) is 6.02. The van der Waals surface area contributed by atoms with E-state index in [1.165, 1.54) is 22.0 Å². The van der Waals surface area contributed by atoms with Crippen molar-refractivity contribution < 1.29 is 9.59 Å². The molecule has 0 saturated heterocycles. The van der Waals surface area contributed by atoms with E-state index >= 15 is 0 Å². The Morgan fingerprint density at radius 1 is 1.33 bits per heavy atom. The minimum atomic E-state index is -0.481. The third kappa shape index (κ3) is 3.92. The Labute approximate surface area is 140 Å². The third-order valence-corrected chi connectivity index (χ3v) is 4.21. The molecule has 0 radical (unpaired) electrons. The van der Waals surface area contributed by atoms with Gasteiger partial charge in [0.1, 0.15) is 6.54 Å². The van der Waals surface area contributed by atoms with Crippen LogP contribution in [-0.2, 0) is 17.8 Å². The number of aryl methyl sites for hydroxylation is 1. The summed E-state index contributed by atoms with van der Waals surface area (Å²) in [5.41, 5.74) is 8.34. The molecule has 1 aromatic carbocycles. The van der Waals surface area contributed by atoms with Gasteiger partial charge < -0.3 is 16.4 Å². The Balaban J connectivity index is 1.53. The molecule has 1 heterocycles. The minimum Gasteiger partial charge on any atom is -0.368 e. The number of amides is 3. The summed E-state index contributed by atoms with van der Waals surface area (Å²) >= 11 is 0. The fourth-order valence-corrected chi connectivity index (χ4v) is 3.13. The number of urea groups is 1. The zero-order chi connectivity index (χ0) is 16.9. The predicted molar refractivity (Wildman–Crippen MR) is 90.6 cm³/mol. The lowest BCUT2D eigenvalue weighted by atomic mass is 9.83. The van der Waals surface area contributed by atoms with Gasteiger partial charge in [-0.1, -0.05) is 24.3 Å². The summed E-state index contributed by atoms with van der Waals surface area (Å²) < 4.78 is 1.38. The highest BCUT2D eigenvalue weighted by molar-refractivity contribution is 5.89. The number of hydrogen-bond donors (Lipinski definition) is 3. The molecule has 1 aromatic heterocycles. The van der Waals surface area contributed by atoms with E-state index < -0.39 is 5.91 Å². The Morgan fingerprint density at radius 3 is 3.00 bits per heavy atom. The molecule has 4 N–H and O–H groups in total. The van der Waals surface area contributed by atoms with Crippen molar-refractivity contribution in [2.45, 2.75) is 31.7 Å². The average Bonchev–Trinajstić information content (AvgIpc) is 2.99. The van der Waals surface area contributed by atoms with Gasteiger partial charge in [-0.25, -0.2) is 4.79 Å². The van der Waals surface area contributed by atoms with Gasteiger partial charge in [-0.2, -0.15) is 5.10 Å². The number of carbonyl (C=O) groups excluding carboxylic acids is 2. The van der Waals surface area contributed by atoms with Crippen LogP contribution in [0.1, 0.15) is 29.9 Å². The largest absolute Gasteiger partial charge is 0.368 e. The number of hydrogen-bond acceptors (Lipinski definition) is 3. The maximum Gasteiger partial charge on any atom is 0.319 e. The number of anilines is 1. The van der Waals surface area contributed by atoms with Crippen LogP contribution in [0.3, 0.4) is 0 Å². The molecular formula is C17H21N5O2. The Hall–Kier alpha value is -2.83.